The van der Waals surface area contributed by atoms with Crippen LogP contribution in [0.3, 0.4) is 0 Å². The zero-order chi connectivity index (χ0) is 24.8. The average Bonchev–Trinajstić information content (AvgIpc) is 3.34. The number of amides is 1. The molecular weight excluding hydrogens is 477 g/mol. The minimum absolute atomic E-state index is 0.0382. The first-order chi connectivity index (χ1) is 16.0. The quantitative estimate of drug-likeness (QED) is 0.390. The first kappa shape index (κ1) is 23.6. The highest BCUT2D eigenvalue weighted by molar-refractivity contribution is 6.36. The van der Waals surface area contributed by atoms with Crippen LogP contribution in [0.5, 0.6) is 0 Å². The van der Waals surface area contributed by atoms with Crippen molar-refractivity contribution in [3.63, 3.8) is 0 Å². The van der Waals surface area contributed by atoms with Crippen molar-refractivity contribution in [2.24, 2.45) is 0 Å². The van der Waals surface area contributed by atoms with Crippen LogP contribution in [0.15, 0.2) is 41.2 Å². The number of ether oxygens (including phenoxy) is 1. The van der Waals surface area contributed by atoms with Gasteiger partial charge in [0.05, 0.1) is 17.3 Å². The second kappa shape index (κ2) is 8.64. The van der Waals surface area contributed by atoms with Crippen LogP contribution in [0.1, 0.15) is 51.9 Å². The number of hydrogen-bond donors (Lipinski definition) is 1. The normalized spacial score (nSPS) is 13.7. The number of alkyl halides is 3. The van der Waals surface area contributed by atoms with Crippen molar-refractivity contribution >= 4 is 40.1 Å². The van der Waals surface area contributed by atoms with Crippen molar-refractivity contribution in [3.05, 3.63) is 64.3 Å². The molecule has 0 radical (unpaired) electrons. The van der Waals surface area contributed by atoms with Crippen molar-refractivity contribution in [2.45, 2.75) is 39.1 Å². The van der Waals surface area contributed by atoms with Gasteiger partial charge in [-0.3, -0.25) is 4.79 Å². The Morgan fingerprint density at radius 3 is 2.68 bits per heavy atom. The number of furan rings is 1. The highest BCUT2D eigenvalue weighted by atomic mass is 35.5. The van der Waals surface area contributed by atoms with Gasteiger partial charge in [0.25, 0.3) is 5.91 Å². The summed E-state index contributed by atoms with van der Waals surface area (Å²) in [6.45, 7) is 3.99. The summed E-state index contributed by atoms with van der Waals surface area (Å²) in [4.78, 5) is 29.4. The zero-order valence-electron chi connectivity index (χ0n) is 18.1. The number of benzene rings is 1. The third kappa shape index (κ3) is 4.30. The Labute approximate surface area is 195 Å². The van der Waals surface area contributed by atoms with Gasteiger partial charge in [-0.2, -0.15) is 18.3 Å². The molecule has 178 valence electrons. The molecule has 34 heavy (non-hydrogen) atoms. The third-order valence-electron chi connectivity index (χ3n) is 5.13. The number of hydrogen-bond acceptors (Lipinski definition) is 6. The molecule has 2 atom stereocenters. The average molecular weight is 495 g/mol. The van der Waals surface area contributed by atoms with E-state index in [1.165, 1.54) is 23.0 Å². The van der Waals surface area contributed by atoms with Gasteiger partial charge in [-0.15, -0.1) is 0 Å². The molecule has 0 aliphatic heterocycles. The lowest BCUT2D eigenvalue weighted by Gasteiger charge is -2.16. The Balaban J connectivity index is 1.65. The Morgan fingerprint density at radius 2 is 1.97 bits per heavy atom. The molecule has 0 aliphatic carbocycles. The number of nitrogens with zero attached hydrogens (tertiary/aromatic N) is 3. The van der Waals surface area contributed by atoms with Crippen LogP contribution >= 0.6 is 11.6 Å². The SMILES string of the molecule is Cc1cc(C(=O)O[C@H](C)C(F)(F)F)c2oc(C(C)NC(=O)c3cnn4cccnc34)c(Cl)c2c1. The van der Waals surface area contributed by atoms with E-state index >= 15 is 0 Å². The summed E-state index contributed by atoms with van der Waals surface area (Å²) < 4.78 is 50.4. The summed E-state index contributed by atoms with van der Waals surface area (Å²) in [6.07, 6.45) is -2.49. The number of carbonyl (C=O) groups is 2. The van der Waals surface area contributed by atoms with E-state index < -0.39 is 30.2 Å². The van der Waals surface area contributed by atoms with E-state index in [-0.39, 0.29) is 27.5 Å². The molecule has 1 unspecified atom stereocenters. The van der Waals surface area contributed by atoms with E-state index in [1.54, 1.807) is 32.2 Å². The fourth-order valence-electron chi connectivity index (χ4n) is 3.38. The Hall–Kier alpha value is -3.60. The lowest BCUT2D eigenvalue weighted by molar-refractivity contribution is -0.198. The summed E-state index contributed by atoms with van der Waals surface area (Å²) >= 11 is 6.48. The van der Waals surface area contributed by atoms with Crippen LogP contribution in [0, 0.1) is 6.92 Å². The first-order valence-corrected chi connectivity index (χ1v) is 10.4. The topological polar surface area (TPSA) is 98.7 Å². The third-order valence-corrected chi connectivity index (χ3v) is 5.52. The van der Waals surface area contributed by atoms with Gasteiger partial charge in [-0.05, 0) is 44.5 Å². The first-order valence-electron chi connectivity index (χ1n) is 10.1. The minimum atomic E-state index is -4.71. The number of aryl methyl sites for hydroxylation is 1. The molecule has 0 fully saturated rings. The molecule has 1 amide bonds. The van der Waals surface area contributed by atoms with Gasteiger partial charge in [0, 0.05) is 17.8 Å². The number of fused-ring (bicyclic) bond motifs is 2. The maximum Gasteiger partial charge on any atom is 0.425 e. The van der Waals surface area contributed by atoms with Crippen LogP contribution in [0.25, 0.3) is 16.6 Å². The Bertz CT molecular complexity index is 1410. The lowest BCUT2D eigenvalue weighted by Crippen LogP contribution is -2.31. The van der Waals surface area contributed by atoms with Crippen molar-refractivity contribution in [1.29, 1.82) is 0 Å². The maximum absolute atomic E-state index is 12.9. The molecule has 4 rings (SSSR count). The molecule has 12 heteroatoms. The number of esters is 1. The van der Waals surface area contributed by atoms with Crippen LogP contribution in [-0.2, 0) is 4.74 Å². The fourth-order valence-corrected chi connectivity index (χ4v) is 3.72. The number of carbonyl (C=O) groups excluding carboxylic acids is 2. The van der Waals surface area contributed by atoms with Crippen LogP contribution in [0.2, 0.25) is 5.02 Å². The second-order valence-electron chi connectivity index (χ2n) is 7.70. The molecule has 0 saturated carbocycles. The molecule has 3 heterocycles. The summed E-state index contributed by atoms with van der Waals surface area (Å²) in [5, 5.41) is 7.22. The predicted molar refractivity (Wildman–Crippen MR) is 116 cm³/mol. The van der Waals surface area contributed by atoms with E-state index in [4.69, 9.17) is 16.0 Å². The number of rotatable bonds is 5. The largest absolute Gasteiger partial charge is 0.456 e. The summed E-state index contributed by atoms with van der Waals surface area (Å²) in [5.41, 5.74) is 0.888. The van der Waals surface area contributed by atoms with Crippen molar-refractivity contribution in [1.82, 2.24) is 19.9 Å². The summed E-state index contributed by atoms with van der Waals surface area (Å²) in [5.74, 6) is -1.57. The molecule has 0 saturated heterocycles. The van der Waals surface area contributed by atoms with E-state index in [0.29, 0.717) is 16.6 Å². The summed E-state index contributed by atoms with van der Waals surface area (Å²) in [7, 11) is 0. The van der Waals surface area contributed by atoms with Crippen LogP contribution in [-0.4, -0.2) is 38.8 Å². The van der Waals surface area contributed by atoms with Crippen molar-refractivity contribution < 1.29 is 31.9 Å². The van der Waals surface area contributed by atoms with Gasteiger partial charge in [0.15, 0.2) is 17.3 Å². The van der Waals surface area contributed by atoms with Gasteiger partial charge in [-0.1, -0.05) is 11.6 Å². The van der Waals surface area contributed by atoms with Gasteiger partial charge in [0.1, 0.15) is 16.9 Å². The number of nitrogens with one attached hydrogen (secondary N) is 1. The Morgan fingerprint density at radius 1 is 1.24 bits per heavy atom. The van der Waals surface area contributed by atoms with Gasteiger partial charge < -0.3 is 14.5 Å². The monoisotopic (exact) mass is 494 g/mol. The molecule has 1 N–H and O–H groups in total. The van der Waals surface area contributed by atoms with Crippen LogP contribution < -0.4 is 5.32 Å². The predicted octanol–water partition coefficient (Wildman–Crippen LogP) is 5.04. The van der Waals surface area contributed by atoms with Crippen LogP contribution in [0.4, 0.5) is 13.2 Å². The number of halogens is 4. The highest BCUT2D eigenvalue weighted by Crippen LogP contribution is 2.37. The van der Waals surface area contributed by atoms with E-state index in [0.717, 1.165) is 6.92 Å². The molecule has 1 aromatic carbocycles. The fraction of sp³-hybridized carbons (Fsp3) is 0.273. The molecule has 8 nitrogen and oxygen atoms in total. The van der Waals surface area contributed by atoms with E-state index in [1.807, 2.05) is 0 Å². The molecule has 0 bridgehead atoms. The number of aromatic nitrogens is 3. The highest BCUT2D eigenvalue weighted by Gasteiger charge is 2.40. The van der Waals surface area contributed by atoms with Crippen molar-refractivity contribution in [2.75, 3.05) is 0 Å². The maximum atomic E-state index is 12.9. The lowest BCUT2D eigenvalue weighted by atomic mass is 10.1. The molecular formula is C22H18ClF3N4O4. The minimum Gasteiger partial charge on any atom is -0.456 e. The Kier molecular flexibility index (Phi) is 5.98. The van der Waals surface area contributed by atoms with E-state index in [2.05, 4.69) is 20.1 Å². The van der Waals surface area contributed by atoms with E-state index in [9.17, 15) is 22.8 Å². The standard InChI is InChI=1S/C22H18ClF3N4O4/c1-10-7-13-16(23)17(34-18(13)14(8-10)21(32)33-12(3)22(24,25)26)11(2)29-20(31)15-9-28-30-6-4-5-27-19(15)30/h4-9,11-12H,1-3H3,(H,29,31)/t11?,12-/m1/s1. The molecule has 0 spiro atoms. The zero-order valence-corrected chi connectivity index (χ0v) is 18.9. The molecule has 3 aromatic heterocycles. The van der Waals surface area contributed by atoms with Gasteiger partial charge in [-0.25, -0.2) is 14.3 Å². The molecule has 4 aromatic rings. The second-order valence-corrected chi connectivity index (χ2v) is 8.08. The van der Waals surface area contributed by atoms with Gasteiger partial charge >= 0.3 is 12.1 Å². The van der Waals surface area contributed by atoms with Crippen molar-refractivity contribution in [3.8, 4) is 0 Å². The summed E-state index contributed by atoms with van der Waals surface area (Å²) in [6, 6.07) is 3.88. The smallest absolute Gasteiger partial charge is 0.425 e. The molecule has 0 aliphatic rings. The van der Waals surface area contributed by atoms with Gasteiger partial charge in [0.2, 0.25) is 0 Å².